The molecule has 38 heavy (non-hydrogen) atoms. The third kappa shape index (κ3) is 3.89. The maximum Gasteiger partial charge on any atom is 0.509 e. The molecular weight excluding hydrogens is 492 g/mol. The van der Waals surface area contributed by atoms with Gasteiger partial charge in [-0.15, -0.1) is 0 Å². The second-order valence-electron chi connectivity index (χ2n) is 11.8. The molecule has 1 N–H and O–H groups in total. The number of esters is 1. The number of hydrogen-bond donors (Lipinski definition) is 1. The third-order valence-electron chi connectivity index (χ3n) is 9.44. The quantitative estimate of drug-likeness (QED) is 0.447. The Hall–Kier alpha value is -2.75. The fourth-order valence-corrected chi connectivity index (χ4v) is 7.55. The average Bonchev–Trinajstić information content (AvgIpc) is 3.19. The standard InChI is InChI=1S/C29H36O9/c1-16-18(30)14-29-24(37-26(33)38-29)23-20(35-15-34-5)11-12-21(36-25(32)17-9-7-6-8-10-17)28(23,4)13-19(31)22(16)27(29,2)3/h6-10,18,20-21,23-24,30H,11-15H2,1-5H3/t18-,20-,21-,23-,24-,28+,29+/m0/s1. The number of hydrogen-bond acceptors (Lipinski definition) is 9. The zero-order valence-electron chi connectivity index (χ0n) is 22.5. The Balaban J connectivity index is 1.66. The van der Waals surface area contributed by atoms with Gasteiger partial charge in [0.05, 0.1) is 17.8 Å². The first-order chi connectivity index (χ1) is 18.0. The summed E-state index contributed by atoms with van der Waals surface area (Å²) in [6, 6.07) is 8.71. The van der Waals surface area contributed by atoms with E-state index in [0.717, 1.165) is 0 Å². The molecule has 1 heterocycles. The Bertz CT molecular complexity index is 1160. The van der Waals surface area contributed by atoms with E-state index in [1.165, 1.54) is 7.11 Å². The summed E-state index contributed by atoms with van der Waals surface area (Å²) in [5.74, 6) is -1.24. The minimum atomic E-state index is -1.32. The normalized spacial score (nSPS) is 37.8. The molecule has 1 aromatic rings. The van der Waals surface area contributed by atoms with Crippen molar-refractivity contribution < 1.29 is 43.2 Å². The average molecular weight is 529 g/mol. The smallest absolute Gasteiger partial charge is 0.458 e. The number of benzene rings is 1. The van der Waals surface area contributed by atoms with Gasteiger partial charge in [0.15, 0.2) is 17.5 Å². The van der Waals surface area contributed by atoms with Crippen molar-refractivity contribution in [2.75, 3.05) is 13.9 Å². The lowest BCUT2D eigenvalue weighted by atomic mass is 9.48. The second kappa shape index (κ2) is 9.47. The number of aliphatic hydroxyl groups is 1. The van der Waals surface area contributed by atoms with E-state index < -0.39 is 58.9 Å². The zero-order chi connectivity index (χ0) is 27.5. The second-order valence-corrected chi connectivity index (χ2v) is 11.8. The van der Waals surface area contributed by atoms with Crippen molar-refractivity contribution in [1.29, 1.82) is 0 Å². The molecule has 1 aliphatic heterocycles. The Kier molecular flexibility index (Phi) is 6.69. The van der Waals surface area contributed by atoms with Gasteiger partial charge in [-0.05, 0) is 37.5 Å². The minimum absolute atomic E-state index is 0.00443. The molecule has 0 aromatic heterocycles. The van der Waals surface area contributed by atoms with Crippen LogP contribution in [-0.4, -0.2) is 66.9 Å². The van der Waals surface area contributed by atoms with Crippen molar-refractivity contribution in [3.63, 3.8) is 0 Å². The fraction of sp³-hybridized carbons (Fsp3) is 0.621. The predicted octanol–water partition coefficient (Wildman–Crippen LogP) is 3.97. The minimum Gasteiger partial charge on any atom is -0.458 e. The van der Waals surface area contributed by atoms with E-state index in [1.807, 2.05) is 26.8 Å². The summed E-state index contributed by atoms with van der Waals surface area (Å²) in [6.07, 6.45) is -2.78. The van der Waals surface area contributed by atoms with Gasteiger partial charge in [-0.3, -0.25) is 4.79 Å². The highest BCUT2D eigenvalue weighted by atomic mass is 16.8. The van der Waals surface area contributed by atoms with Gasteiger partial charge in [0.25, 0.3) is 0 Å². The van der Waals surface area contributed by atoms with Crippen LogP contribution in [0.4, 0.5) is 4.79 Å². The van der Waals surface area contributed by atoms with Crippen molar-refractivity contribution in [3.05, 3.63) is 47.0 Å². The number of ether oxygens (including phenoxy) is 5. The highest BCUT2D eigenvalue weighted by molar-refractivity contribution is 5.99. The molecule has 1 aromatic carbocycles. The summed E-state index contributed by atoms with van der Waals surface area (Å²) in [5, 5.41) is 11.1. The highest BCUT2D eigenvalue weighted by Crippen LogP contribution is 2.63. The topological polar surface area (TPSA) is 118 Å². The van der Waals surface area contributed by atoms with E-state index in [4.69, 9.17) is 23.7 Å². The summed E-state index contributed by atoms with van der Waals surface area (Å²) in [4.78, 5) is 40.2. The van der Waals surface area contributed by atoms with Crippen LogP contribution in [0.2, 0.25) is 0 Å². The molecule has 1 spiro atoms. The van der Waals surface area contributed by atoms with Crippen LogP contribution in [0.5, 0.6) is 0 Å². The lowest BCUT2D eigenvalue weighted by Crippen LogP contribution is -2.68. The van der Waals surface area contributed by atoms with Crippen LogP contribution in [0.3, 0.4) is 0 Å². The molecule has 1 saturated heterocycles. The van der Waals surface area contributed by atoms with Crippen molar-refractivity contribution >= 4 is 17.9 Å². The van der Waals surface area contributed by atoms with Crippen molar-refractivity contribution in [1.82, 2.24) is 0 Å². The van der Waals surface area contributed by atoms with Crippen molar-refractivity contribution in [2.45, 2.75) is 83.4 Å². The van der Waals surface area contributed by atoms with Gasteiger partial charge in [0.1, 0.15) is 12.9 Å². The molecule has 0 amide bonds. The Morgan fingerprint density at radius 3 is 2.53 bits per heavy atom. The molecule has 5 rings (SSSR count). The zero-order valence-corrected chi connectivity index (χ0v) is 22.5. The van der Waals surface area contributed by atoms with Gasteiger partial charge in [-0.25, -0.2) is 9.59 Å². The van der Waals surface area contributed by atoms with Crippen LogP contribution < -0.4 is 0 Å². The molecule has 2 saturated carbocycles. The molecule has 4 aliphatic rings. The van der Waals surface area contributed by atoms with Crippen LogP contribution in [0.25, 0.3) is 0 Å². The molecule has 3 aliphatic carbocycles. The van der Waals surface area contributed by atoms with Gasteiger partial charge in [0.2, 0.25) is 0 Å². The Labute approximate surface area is 222 Å². The van der Waals surface area contributed by atoms with Crippen LogP contribution in [0.1, 0.15) is 63.7 Å². The van der Waals surface area contributed by atoms with Crippen LogP contribution in [0, 0.1) is 16.7 Å². The molecule has 3 fully saturated rings. The molecule has 2 bridgehead atoms. The van der Waals surface area contributed by atoms with E-state index in [0.29, 0.717) is 29.6 Å². The first-order valence-corrected chi connectivity index (χ1v) is 13.1. The van der Waals surface area contributed by atoms with Gasteiger partial charge < -0.3 is 28.8 Å². The monoisotopic (exact) mass is 528 g/mol. The lowest BCUT2D eigenvalue weighted by molar-refractivity contribution is -0.214. The summed E-state index contributed by atoms with van der Waals surface area (Å²) in [5.41, 5.74) is -1.81. The SMILES string of the molecule is COCO[C@H]1CC[C@H](OC(=O)c2ccccc2)[C@@]2(C)CC(=O)C3=C(C)[C@@H](O)C[C@]4(OC(=O)O[C@H]4[C@H]12)C3(C)C. The summed E-state index contributed by atoms with van der Waals surface area (Å²) < 4.78 is 29.4. The molecule has 9 nitrogen and oxygen atoms in total. The predicted molar refractivity (Wildman–Crippen MR) is 134 cm³/mol. The van der Waals surface area contributed by atoms with Gasteiger partial charge in [0, 0.05) is 42.3 Å². The molecular formula is C29H36O9. The highest BCUT2D eigenvalue weighted by Gasteiger charge is 2.72. The number of ketones is 1. The molecule has 0 radical (unpaired) electrons. The number of fused-ring (bicyclic) bond motifs is 3. The third-order valence-corrected chi connectivity index (χ3v) is 9.44. The van der Waals surface area contributed by atoms with Gasteiger partial charge >= 0.3 is 12.1 Å². The fourth-order valence-electron chi connectivity index (χ4n) is 7.55. The van der Waals surface area contributed by atoms with E-state index in [-0.39, 0.29) is 25.4 Å². The number of rotatable bonds is 5. The van der Waals surface area contributed by atoms with Gasteiger partial charge in [-0.2, -0.15) is 0 Å². The van der Waals surface area contributed by atoms with E-state index in [9.17, 15) is 19.5 Å². The van der Waals surface area contributed by atoms with E-state index in [1.54, 1.807) is 31.2 Å². The number of carbonyl (C=O) groups excluding carboxylic acids is 3. The van der Waals surface area contributed by atoms with Crippen LogP contribution in [-0.2, 0) is 28.5 Å². The van der Waals surface area contributed by atoms with E-state index in [2.05, 4.69) is 0 Å². The maximum atomic E-state index is 14.1. The first-order valence-electron chi connectivity index (χ1n) is 13.1. The molecule has 0 unspecified atom stereocenters. The maximum absolute atomic E-state index is 14.1. The van der Waals surface area contributed by atoms with Crippen LogP contribution >= 0.6 is 0 Å². The van der Waals surface area contributed by atoms with Gasteiger partial charge in [-0.1, -0.05) is 39.0 Å². The molecule has 206 valence electrons. The van der Waals surface area contributed by atoms with Crippen molar-refractivity contribution in [3.8, 4) is 0 Å². The summed E-state index contributed by atoms with van der Waals surface area (Å²) >= 11 is 0. The summed E-state index contributed by atoms with van der Waals surface area (Å²) in [7, 11) is 1.52. The molecule has 9 heteroatoms. The van der Waals surface area contributed by atoms with Crippen molar-refractivity contribution in [2.24, 2.45) is 16.7 Å². The van der Waals surface area contributed by atoms with Crippen LogP contribution in [0.15, 0.2) is 41.5 Å². The number of Topliss-reactive ketones (excluding diaryl/α,β-unsaturated/α-hetero) is 1. The first kappa shape index (κ1) is 26.8. The van der Waals surface area contributed by atoms with E-state index >= 15 is 0 Å². The largest absolute Gasteiger partial charge is 0.509 e. The number of methoxy groups -OCH3 is 1. The molecule has 7 atom stereocenters. The lowest BCUT2D eigenvalue weighted by Gasteiger charge is -2.59. The number of aliphatic hydroxyl groups excluding tert-OH is 1. The Morgan fingerprint density at radius 2 is 1.84 bits per heavy atom. The summed E-state index contributed by atoms with van der Waals surface area (Å²) in [6.45, 7) is 7.40. The Morgan fingerprint density at radius 1 is 1.13 bits per heavy atom. The number of carbonyl (C=O) groups is 3.